The molecular weight excluding hydrogens is 545 g/mol. The Morgan fingerprint density at radius 1 is 0.895 bits per heavy atom. The first-order valence-electron chi connectivity index (χ1n) is 12.1. The van der Waals surface area contributed by atoms with Crippen LogP contribution in [0, 0.1) is 6.92 Å². The summed E-state index contributed by atoms with van der Waals surface area (Å²) in [6.45, 7) is 6.62. The molecule has 0 aromatic heterocycles. The number of benzene rings is 3. The maximum absolute atomic E-state index is 13.9. The summed E-state index contributed by atoms with van der Waals surface area (Å²) < 4.78 is 28.6. The van der Waals surface area contributed by atoms with Crippen molar-refractivity contribution in [1.29, 1.82) is 0 Å². The lowest BCUT2D eigenvalue weighted by Crippen LogP contribution is -2.52. The molecule has 1 atom stereocenters. The highest BCUT2D eigenvalue weighted by Gasteiger charge is 2.33. The van der Waals surface area contributed by atoms with E-state index in [9.17, 15) is 18.0 Å². The number of hydrogen-bond donors (Lipinski definition) is 1. The van der Waals surface area contributed by atoms with Crippen molar-refractivity contribution in [1.82, 2.24) is 10.2 Å². The number of anilines is 1. The maximum Gasteiger partial charge on any atom is 0.264 e. The van der Waals surface area contributed by atoms with Crippen LogP contribution in [0.15, 0.2) is 77.7 Å². The fourth-order valence-electron chi connectivity index (χ4n) is 3.80. The standard InChI is InChI=1S/C28H31Cl2N3O4S/c1-19(2)31-28(35)21(4)32(17-22-9-6-5-7-10-22)26(34)18-33(25-12-8-11-24(29)27(25)30)38(36,37)23-15-13-20(3)14-16-23/h5-16,19,21H,17-18H2,1-4H3,(H,31,35)/t21-/m0/s1. The van der Waals surface area contributed by atoms with Crippen molar-refractivity contribution in [3.8, 4) is 0 Å². The van der Waals surface area contributed by atoms with Gasteiger partial charge in [0, 0.05) is 12.6 Å². The van der Waals surface area contributed by atoms with Gasteiger partial charge in [0.2, 0.25) is 11.8 Å². The van der Waals surface area contributed by atoms with Crippen molar-refractivity contribution >= 4 is 50.7 Å². The van der Waals surface area contributed by atoms with E-state index in [0.29, 0.717) is 0 Å². The van der Waals surface area contributed by atoms with Crippen molar-refractivity contribution in [3.05, 3.63) is 94.0 Å². The van der Waals surface area contributed by atoms with Crippen molar-refractivity contribution in [3.63, 3.8) is 0 Å². The van der Waals surface area contributed by atoms with Crippen LogP contribution in [0.25, 0.3) is 0 Å². The number of hydrogen-bond acceptors (Lipinski definition) is 4. The number of halogens is 2. The van der Waals surface area contributed by atoms with E-state index in [1.165, 1.54) is 29.2 Å². The Kier molecular flexibility index (Phi) is 9.82. The number of nitrogens with one attached hydrogen (secondary N) is 1. The molecular formula is C28H31Cl2N3O4S. The SMILES string of the molecule is Cc1ccc(S(=O)(=O)N(CC(=O)N(Cc2ccccc2)[C@@H](C)C(=O)NC(C)C)c2cccc(Cl)c2Cl)cc1. The molecule has 3 aromatic rings. The van der Waals surface area contributed by atoms with Gasteiger partial charge in [0.05, 0.1) is 20.6 Å². The second-order valence-corrected chi connectivity index (χ2v) is 11.9. The molecule has 2 amide bonds. The summed E-state index contributed by atoms with van der Waals surface area (Å²) >= 11 is 12.7. The van der Waals surface area contributed by atoms with E-state index in [4.69, 9.17) is 23.2 Å². The highest BCUT2D eigenvalue weighted by Crippen LogP contribution is 2.35. The predicted octanol–water partition coefficient (Wildman–Crippen LogP) is 5.44. The molecule has 0 heterocycles. The van der Waals surface area contributed by atoms with E-state index >= 15 is 0 Å². The van der Waals surface area contributed by atoms with Crippen LogP contribution >= 0.6 is 23.2 Å². The number of aryl methyl sites for hydroxylation is 1. The van der Waals surface area contributed by atoms with Gasteiger partial charge in [-0.1, -0.05) is 77.3 Å². The summed E-state index contributed by atoms with van der Waals surface area (Å²) in [6, 6.07) is 19.0. The smallest absolute Gasteiger partial charge is 0.264 e. The quantitative estimate of drug-likeness (QED) is 0.348. The predicted molar refractivity (Wildman–Crippen MR) is 152 cm³/mol. The van der Waals surface area contributed by atoms with Crippen LogP contribution in [0.4, 0.5) is 5.69 Å². The van der Waals surface area contributed by atoms with Gasteiger partial charge in [-0.2, -0.15) is 0 Å². The molecule has 0 aliphatic heterocycles. The minimum atomic E-state index is -4.23. The lowest BCUT2D eigenvalue weighted by Gasteiger charge is -2.32. The Labute approximate surface area is 234 Å². The molecule has 7 nitrogen and oxygen atoms in total. The molecule has 0 aliphatic rings. The second kappa shape index (κ2) is 12.7. The van der Waals surface area contributed by atoms with Crippen molar-refractivity contribution in [2.45, 2.75) is 51.2 Å². The summed E-state index contributed by atoms with van der Waals surface area (Å²) in [4.78, 5) is 28.1. The Balaban J connectivity index is 2.06. The van der Waals surface area contributed by atoms with Gasteiger partial charge >= 0.3 is 0 Å². The van der Waals surface area contributed by atoms with Crippen LogP contribution < -0.4 is 9.62 Å². The van der Waals surface area contributed by atoms with E-state index in [-0.39, 0.29) is 39.1 Å². The minimum absolute atomic E-state index is 0.00198. The molecule has 3 rings (SSSR count). The molecule has 0 saturated carbocycles. The van der Waals surface area contributed by atoms with Crippen molar-refractivity contribution in [2.75, 3.05) is 10.8 Å². The Hall–Kier alpha value is -3.07. The van der Waals surface area contributed by atoms with Crippen LogP contribution in [0.1, 0.15) is 31.9 Å². The average Bonchev–Trinajstić information content (AvgIpc) is 2.87. The number of rotatable bonds is 10. The molecule has 0 bridgehead atoms. The Bertz CT molecular complexity index is 1380. The van der Waals surface area contributed by atoms with Crippen LogP contribution in [0.5, 0.6) is 0 Å². The summed E-state index contributed by atoms with van der Waals surface area (Å²) in [5.74, 6) is -0.926. The Morgan fingerprint density at radius 3 is 2.13 bits per heavy atom. The first-order chi connectivity index (χ1) is 17.9. The third-order valence-electron chi connectivity index (χ3n) is 5.88. The maximum atomic E-state index is 13.9. The van der Waals surface area contributed by atoms with Gasteiger partial charge in [-0.15, -0.1) is 0 Å². The van der Waals surface area contributed by atoms with Gasteiger partial charge in [0.25, 0.3) is 10.0 Å². The molecule has 10 heteroatoms. The molecule has 38 heavy (non-hydrogen) atoms. The minimum Gasteiger partial charge on any atom is -0.352 e. The topological polar surface area (TPSA) is 86.8 Å². The second-order valence-electron chi connectivity index (χ2n) is 9.24. The number of carbonyl (C=O) groups is 2. The van der Waals surface area contributed by atoms with Gasteiger partial charge in [-0.05, 0) is 57.5 Å². The molecule has 3 aromatic carbocycles. The zero-order valence-corrected chi connectivity index (χ0v) is 24.0. The Morgan fingerprint density at radius 2 is 1.53 bits per heavy atom. The lowest BCUT2D eigenvalue weighted by atomic mass is 10.1. The van der Waals surface area contributed by atoms with Crippen molar-refractivity contribution < 1.29 is 18.0 Å². The number of nitrogens with zero attached hydrogens (tertiary/aromatic N) is 2. The van der Waals surface area contributed by atoms with E-state index in [2.05, 4.69) is 5.32 Å². The van der Waals surface area contributed by atoms with Crippen LogP contribution in [-0.4, -0.2) is 43.8 Å². The lowest BCUT2D eigenvalue weighted by molar-refractivity contribution is -0.139. The van der Waals surface area contributed by atoms with Gasteiger partial charge in [0.15, 0.2) is 0 Å². The van der Waals surface area contributed by atoms with E-state index in [0.717, 1.165) is 15.4 Å². The zero-order valence-electron chi connectivity index (χ0n) is 21.7. The molecule has 0 aliphatic carbocycles. The fraction of sp³-hybridized carbons (Fsp3) is 0.286. The highest BCUT2D eigenvalue weighted by molar-refractivity contribution is 7.92. The van der Waals surface area contributed by atoms with Crippen LogP contribution in [0.3, 0.4) is 0 Å². The first kappa shape index (κ1) is 29.5. The van der Waals surface area contributed by atoms with Gasteiger partial charge in [-0.25, -0.2) is 8.42 Å². The third-order valence-corrected chi connectivity index (χ3v) is 8.46. The number of carbonyl (C=O) groups excluding carboxylic acids is 2. The summed E-state index contributed by atoms with van der Waals surface area (Å²) in [5.41, 5.74) is 1.73. The van der Waals surface area contributed by atoms with Crippen LogP contribution in [0.2, 0.25) is 10.0 Å². The summed E-state index contributed by atoms with van der Waals surface area (Å²) in [6.07, 6.45) is 0. The molecule has 0 fully saturated rings. The van der Waals surface area contributed by atoms with Crippen molar-refractivity contribution in [2.24, 2.45) is 0 Å². The molecule has 0 saturated heterocycles. The number of amides is 2. The fourth-order valence-corrected chi connectivity index (χ4v) is 5.68. The van der Waals surface area contributed by atoms with E-state index in [1.54, 1.807) is 25.1 Å². The highest BCUT2D eigenvalue weighted by atomic mass is 35.5. The summed E-state index contributed by atoms with van der Waals surface area (Å²) in [7, 11) is -4.23. The average molecular weight is 577 g/mol. The van der Waals surface area contributed by atoms with E-state index in [1.807, 2.05) is 51.1 Å². The van der Waals surface area contributed by atoms with Crippen LogP contribution in [-0.2, 0) is 26.2 Å². The normalized spacial score (nSPS) is 12.2. The molecule has 0 radical (unpaired) electrons. The van der Waals surface area contributed by atoms with Gasteiger partial charge in [-0.3, -0.25) is 13.9 Å². The first-order valence-corrected chi connectivity index (χ1v) is 14.3. The molecule has 202 valence electrons. The molecule has 1 N–H and O–H groups in total. The molecule has 0 spiro atoms. The van der Waals surface area contributed by atoms with Gasteiger partial charge in [0.1, 0.15) is 12.6 Å². The molecule has 0 unspecified atom stereocenters. The summed E-state index contributed by atoms with van der Waals surface area (Å²) in [5, 5.41) is 2.97. The zero-order chi connectivity index (χ0) is 28.0. The third kappa shape index (κ3) is 7.07. The van der Waals surface area contributed by atoms with Gasteiger partial charge < -0.3 is 10.2 Å². The van der Waals surface area contributed by atoms with E-state index < -0.39 is 28.5 Å². The largest absolute Gasteiger partial charge is 0.352 e. The monoisotopic (exact) mass is 575 g/mol. The number of sulfonamides is 1.